The van der Waals surface area contributed by atoms with Crippen LogP contribution in [-0.2, 0) is 6.42 Å². The first-order valence-electron chi connectivity index (χ1n) is 8.39. The second kappa shape index (κ2) is 9.57. The lowest BCUT2D eigenvalue weighted by Gasteiger charge is -2.10. The van der Waals surface area contributed by atoms with E-state index in [0.29, 0.717) is 30.2 Å². The number of ether oxygens (including phenoxy) is 3. The smallest absolute Gasteiger partial charge is 0.251 e. The number of carbonyl (C=O) groups is 1. The van der Waals surface area contributed by atoms with Gasteiger partial charge in [-0.15, -0.1) is 0 Å². The summed E-state index contributed by atoms with van der Waals surface area (Å²) in [5.41, 5.74) is 1.79. The molecule has 0 aromatic heterocycles. The highest BCUT2D eigenvalue weighted by molar-refractivity contribution is 5.95. The number of hydrogen-bond acceptors (Lipinski definition) is 4. The normalized spacial score (nSPS) is 10.2. The second-order valence-electron chi connectivity index (χ2n) is 5.60. The van der Waals surface area contributed by atoms with Gasteiger partial charge in [-0.05, 0) is 36.2 Å². The Balaban J connectivity index is 1.82. The van der Waals surface area contributed by atoms with E-state index < -0.39 is 0 Å². The van der Waals surface area contributed by atoms with Gasteiger partial charge in [0.05, 0.1) is 20.8 Å². The summed E-state index contributed by atoms with van der Waals surface area (Å²) in [7, 11) is 3.10. The highest BCUT2D eigenvalue weighted by Gasteiger charge is 2.09. The van der Waals surface area contributed by atoms with Gasteiger partial charge in [0, 0.05) is 11.6 Å². The van der Waals surface area contributed by atoms with Crippen LogP contribution in [0.3, 0.4) is 0 Å². The van der Waals surface area contributed by atoms with Gasteiger partial charge in [0.15, 0.2) is 0 Å². The van der Waals surface area contributed by atoms with E-state index in [1.165, 1.54) is 5.56 Å². The van der Waals surface area contributed by atoms with Crippen molar-refractivity contribution < 1.29 is 19.0 Å². The van der Waals surface area contributed by atoms with Crippen LogP contribution in [0.5, 0.6) is 17.2 Å². The van der Waals surface area contributed by atoms with E-state index in [9.17, 15) is 4.79 Å². The minimum absolute atomic E-state index is 0.195. The zero-order valence-corrected chi connectivity index (χ0v) is 15.0. The topological polar surface area (TPSA) is 56.8 Å². The quantitative estimate of drug-likeness (QED) is 0.709. The number of rotatable bonds is 9. The maximum atomic E-state index is 12.2. The van der Waals surface area contributed by atoms with Crippen molar-refractivity contribution in [2.45, 2.75) is 19.8 Å². The summed E-state index contributed by atoms with van der Waals surface area (Å²) in [5, 5.41) is 2.83. The number of aryl methyl sites for hydroxylation is 1. The summed E-state index contributed by atoms with van der Waals surface area (Å²) in [4.78, 5) is 12.2. The number of methoxy groups -OCH3 is 2. The maximum Gasteiger partial charge on any atom is 0.251 e. The van der Waals surface area contributed by atoms with E-state index in [-0.39, 0.29) is 5.91 Å². The lowest BCUT2D eigenvalue weighted by Crippen LogP contribution is -2.28. The van der Waals surface area contributed by atoms with Crippen molar-refractivity contribution in [2.75, 3.05) is 27.4 Å². The van der Waals surface area contributed by atoms with Gasteiger partial charge >= 0.3 is 0 Å². The van der Waals surface area contributed by atoms with Crippen molar-refractivity contribution in [1.29, 1.82) is 0 Å². The van der Waals surface area contributed by atoms with Gasteiger partial charge in [-0.25, -0.2) is 0 Å². The molecule has 0 saturated heterocycles. The monoisotopic (exact) mass is 343 g/mol. The van der Waals surface area contributed by atoms with Crippen LogP contribution in [0.4, 0.5) is 0 Å². The largest absolute Gasteiger partial charge is 0.497 e. The first-order chi connectivity index (χ1) is 12.2. The van der Waals surface area contributed by atoms with E-state index >= 15 is 0 Å². The van der Waals surface area contributed by atoms with Crippen molar-refractivity contribution in [2.24, 2.45) is 0 Å². The molecule has 0 atom stereocenters. The summed E-state index contributed by atoms with van der Waals surface area (Å²) in [6, 6.07) is 13.1. The zero-order chi connectivity index (χ0) is 18.1. The molecule has 2 aromatic rings. The van der Waals surface area contributed by atoms with Crippen molar-refractivity contribution in [3.8, 4) is 17.2 Å². The Morgan fingerprint density at radius 1 is 0.960 bits per heavy atom. The molecule has 2 aromatic carbocycles. The minimum atomic E-state index is -0.195. The Labute approximate surface area is 148 Å². The molecule has 0 spiro atoms. The Hall–Kier alpha value is -2.69. The molecule has 0 heterocycles. The van der Waals surface area contributed by atoms with Gasteiger partial charge in [0.1, 0.15) is 23.9 Å². The van der Waals surface area contributed by atoms with Gasteiger partial charge in [-0.2, -0.15) is 0 Å². The highest BCUT2D eigenvalue weighted by atomic mass is 16.5. The van der Waals surface area contributed by atoms with E-state index in [2.05, 4.69) is 24.4 Å². The molecule has 1 N–H and O–H groups in total. The fourth-order valence-corrected chi connectivity index (χ4v) is 2.42. The average Bonchev–Trinajstić information content (AvgIpc) is 2.66. The van der Waals surface area contributed by atoms with Gasteiger partial charge in [-0.1, -0.05) is 25.5 Å². The lowest BCUT2D eigenvalue weighted by molar-refractivity contribution is 0.0946. The molecule has 2 rings (SSSR count). The number of hydrogen-bond donors (Lipinski definition) is 1. The third-order valence-electron chi connectivity index (χ3n) is 3.73. The molecule has 5 heteroatoms. The minimum Gasteiger partial charge on any atom is -0.497 e. The van der Waals surface area contributed by atoms with Crippen LogP contribution in [0.15, 0.2) is 42.5 Å². The molecule has 0 aliphatic rings. The van der Waals surface area contributed by atoms with Crippen molar-refractivity contribution in [3.05, 3.63) is 53.6 Å². The van der Waals surface area contributed by atoms with Gasteiger partial charge in [0.25, 0.3) is 5.91 Å². The Morgan fingerprint density at radius 3 is 2.16 bits per heavy atom. The second-order valence-corrected chi connectivity index (χ2v) is 5.60. The Kier molecular flexibility index (Phi) is 7.14. The van der Waals surface area contributed by atoms with E-state index in [0.717, 1.165) is 18.6 Å². The van der Waals surface area contributed by atoms with E-state index in [1.54, 1.807) is 32.4 Å². The van der Waals surface area contributed by atoms with Gasteiger partial charge < -0.3 is 19.5 Å². The van der Waals surface area contributed by atoms with Gasteiger partial charge in [-0.3, -0.25) is 4.79 Å². The third kappa shape index (κ3) is 5.71. The first-order valence-corrected chi connectivity index (χ1v) is 8.39. The van der Waals surface area contributed by atoms with E-state index in [1.807, 2.05) is 12.1 Å². The summed E-state index contributed by atoms with van der Waals surface area (Å²) in [5.74, 6) is 1.76. The molecule has 0 fully saturated rings. The molecule has 25 heavy (non-hydrogen) atoms. The molecular weight excluding hydrogens is 318 g/mol. The van der Waals surface area contributed by atoms with Crippen LogP contribution in [0.1, 0.15) is 29.3 Å². The SMILES string of the molecule is CCCc1ccc(OCCNC(=O)c2cc(OC)cc(OC)c2)cc1. The van der Waals surface area contributed by atoms with Crippen LogP contribution in [0.25, 0.3) is 0 Å². The zero-order valence-electron chi connectivity index (χ0n) is 15.0. The van der Waals surface area contributed by atoms with Crippen LogP contribution >= 0.6 is 0 Å². The Bertz CT molecular complexity index is 660. The summed E-state index contributed by atoms with van der Waals surface area (Å²) in [6.07, 6.45) is 2.20. The summed E-state index contributed by atoms with van der Waals surface area (Å²) < 4.78 is 16.0. The molecule has 5 nitrogen and oxygen atoms in total. The van der Waals surface area contributed by atoms with Crippen LogP contribution in [0.2, 0.25) is 0 Å². The Morgan fingerprint density at radius 2 is 1.60 bits per heavy atom. The fraction of sp³-hybridized carbons (Fsp3) is 0.350. The summed E-state index contributed by atoms with van der Waals surface area (Å²) in [6.45, 7) is 2.97. The van der Waals surface area contributed by atoms with Crippen LogP contribution in [0, 0.1) is 0 Å². The number of nitrogens with one attached hydrogen (secondary N) is 1. The standard InChI is InChI=1S/C20H25NO4/c1-4-5-15-6-8-17(9-7-15)25-11-10-21-20(22)16-12-18(23-2)14-19(13-16)24-3/h6-9,12-14H,4-5,10-11H2,1-3H3,(H,21,22). The molecule has 0 bridgehead atoms. The van der Waals surface area contributed by atoms with Crippen LogP contribution in [-0.4, -0.2) is 33.3 Å². The van der Waals surface area contributed by atoms with Crippen molar-refractivity contribution in [1.82, 2.24) is 5.32 Å². The molecule has 1 amide bonds. The predicted molar refractivity (Wildman–Crippen MR) is 97.8 cm³/mol. The van der Waals surface area contributed by atoms with Crippen LogP contribution < -0.4 is 19.5 Å². The number of benzene rings is 2. The summed E-state index contributed by atoms with van der Waals surface area (Å²) >= 11 is 0. The number of carbonyl (C=O) groups excluding carboxylic acids is 1. The van der Waals surface area contributed by atoms with E-state index in [4.69, 9.17) is 14.2 Å². The maximum absolute atomic E-state index is 12.2. The predicted octanol–water partition coefficient (Wildman–Crippen LogP) is 3.47. The molecule has 134 valence electrons. The lowest BCUT2D eigenvalue weighted by atomic mass is 10.1. The van der Waals surface area contributed by atoms with Gasteiger partial charge in [0.2, 0.25) is 0 Å². The van der Waals surface area contributed by atoms with Crippen molar-refractivity contribution in [3.63, 3.8) is 0 Å². The molecule has 0 aliphatic carbocycles. The molecule has 0 aliphatic heterocycles. The molecular formula is C20H25NO4. The average molecular weight is 343 g/mol. The van der Waals surface area contributed by atoms with Crippen molar-refractivity contribution >= 4 is 5.91 Å². The highest BCUT2D eigenvalue weighted by Crippen LogP contribution is 2.22. The fourth-order valence-electron chi connectivity index (χ4n) is 2.42. The molecule has 0 saturated carbocycles. The molecule has 0 radical (unpaired) electrons. The third-order valence-corrected chi connectivity index (χ3v) is 3.73. The number of amides is 1. The first kappa shape index (κ1) is 18.6. The molecule has 0 unspecified atom stereocenters.